The summed E-state index contributed by atoms with van der Waals surface area (Å²) in [6.45, 7) is 0.719. The lowest BCUT2D eigenvalue weighted by Gasteiger charge is -2.16. The van der Waals surface area contributed by atoms with Crippen molar-refractivity contribution in [2.75, 3.05) is 13.6 Å². The Morgan fingerprint density at radius 3 is 2.50 bits per heavy atom. The van der Waals surface area contributed by atoms with Gasteiger partial charge in [0.2, 0.25) is 0 Å². The summed E-state index contributed by atoms with van der Waals surface area (Å²) in [4.78, 5) is 2.46. The largest absolute Gasteiger partial charge is 0.303 e. The zero-order chi connectivity index (χ0) is 11.0. The van der Waals surface area contributed by atoms with E-state index in [1.165, 1.54) is 25.8 Å². The summed E-state index contributed by atoms with van der Waals surface area (Å²) in [7, 11) is 2.22. The zero-order valence-corrected chi connectivity index (χ0v) is 8.92. The van der Waals surface area contributed by atoms with E-state index in [1.807, 2.05) is 0 Å². The third-order valence-electron chi connectivity index (χ3n) is 2.32. The first kappa shape index (κ1) is 13.5. The van der Waals surface area contributed by atoms with Crippen molar-refractivity contribution < 1.29 is 8.78 Å². The van der Waals surface area contributed by atoms with E-state index in [-0.39, 0.29) is 0 Å². The zero-order valence-electron chi connectivity index (χ0n) is 8.92. The Kier molecular flexibility index (Phi) is 7.61. The molecule has 4 heteroatoms. The fourth-order valence-corrected chi connectivity index (χ4v) is 1.57. The summed E-state index contributed by atoms with van der Waals surface area (Å²) in [6.07, 6.45) is 8.44. The van der Waals surface area contributed by atoms with E-state index in [1.54, 1.807) is 0 Å². The minimum absolute atomic E-state index is 0.830. The minimum atomic E-state index is -2.67. The second-order valence-electron chi connectivity index (χ2n) is 3.42. The normalized spacial score (nSPS) is 22.9. The molecule has 0 radical (unpaired) electrons. The Labute approximate surface area is 84.8 Å². The Morgan fingerprint density at radius 1 is 1.57 bits per heavy atom. The van der Waals surface area contributed by atoms with Crippen molar-refractivity contribution in [3.63, 3.8) is 0 Å². The van der Waals surface area contributed by atoms with Crippen LogP contribution in [-0.4, -0.2) is 31.1 Å². The fraction of sp³-hybridized carbons (Fsp3) is 0.800. The molecule has 1 fully saturated rings. The number of alkyl halides is 2. The van der Waals surface area contributed by atoms with E-state index in [2.05, 4.69) is 36.8 Å². The SMILES string of the molecule is C/C=C\CC1CCCN1C.NC(F)F. The number of nitrogens with zero attached hydrogens (tertiary/aromatic N) is 1. The van der Waals surface area contributed by atoms with Gasteiger partial charge in [0.25, 0.3) is 6.55 Å². The molecular weight excluding hydrogens is 186 g/mol. The molecule has 2 nitrogen and oxygen atoms in total. The first-order chi connectivity index (χ1) is 6.57. The third-order valence-corrected chi connectivity index (χ3v) is 2.32. The molecule has 0 aromatic heterocycles. The van der Waals surface area contributed by atoms with Gasteiger partial charge in [0, 0.05) is 6.04 Å². The Morgan fingerprint density at radius 2 is 2.14 bits per heavy atom. The van der Waals surface area contributed by atoms with Gasteiger partial charge in [0.1, 0.15) is 0 Å². The van der Waals surface area contributed by atoms with Crippen molar-refractivity contribution in [1.82, 2.24) is 4.90 Å². The number of hydrogen-bond acceptors (Lipinski definition) is 2. The summed E-state index contributed by atoms with van der Waals surface area (Å²) in [6, 6.07) is 0.830. The highest BCUT2D eigenvalue weighted by atomic mass is 19.3. The van der Waals surface area contributed by atoms with Crippen molar-refractivity contribution in [3.8, 4) is 0 Å². The van der Waals surface area contributed by atoms with Gasteiger partial charge in [-0.25, -0.2) is 0 Å². The Hall–Kier alpha value is -0.480. The molecule has 0 amide bonds. The van der Waals surface area contributed by atoms with Crippen LogP contribution in [0.2, 0.25) is 0 Å². The lowest BCUT2D eigenvalue weighted by atomic mass is 10.1. The van der Waals surface area contributed by atoms with E-state index >= 15 is 0 Å². The summed E-state index contributed by atoms with van der Waals surface area (Å²) >= 11 is 0. The van der Waals surface area contributed by atoms with E-state index in [9.17, 15) is 8.78 Å². The Bertz CT molecular complexity index is 157. The van der Waals surface area contributed by atoms with Gasteiger partial charge in [-0.1, -0.05) is 12.2 Å². The second-order valence-corrected chi connectivity index (χ2v) is 3.42. The topological polar surface area (TPSA) is 29.3 Å². The lowest BCUT2D eigenvalue weighted by Crippen LogP contribution is -2.23. The summed E-state index contributed by atoms with van der Waals surface area (Å²) in [5.41, 5.74) is 3.78. The molecular formula is C10H20F2N2. The standard InChI is InChI=1S/C9H17N.CH3F2N/c1-3-4-6-9-7-5-8-10(9)2;2-1(3)4/h3-4,9H,5-8H2,1-2H3;1H,4H2/b4-3-;. The number of nitrogens with two attached hydrogens (primary N) is 1. The second kappa shape index (κ2) is 7.88. The van der Waals surface area contributed by atoms with Gasteiger partial charge < -0.3 is 4.90 Å². The minimum Gasteiger partial charge on any atom is -0.303 e. The van der Waals surface area contributed by atoms with Crippen LogP contribution in [0.15, 0.2) is 12.2 Å². The lowest BCUT2D eigenvalue weighted by molar-refractivity contribution is 0.157. The number of rotatable bonds is 2. The van der Waals surface area contributed by atoms with Crippen molar-refractivity contribution in [3.05, 3.63) is 12.2 Å². The van der Waals surface area contributed by atoms with Gasteiger partial charge in [0.05, 0.1) is 0 Å². The van der Waals surface area contributed by atoms with Gasteiger partial charge in [-0.05, 0) is 39.8 Å². The van der Waals surface area contributed by atoms with E-state index < -0.39 is 6.55 Å². The van der Waals surface area contributed by atoms with Gasteiger partial charge in [0.15, 0.2) is 0 Å². The molecule has 0 aromatic rings. The number of halogens is 2. The fourth-order valence-electron chi connectivity index (χ4n) is 1.57. The number of likely N-dealkylation sites (tertiary alicyclic amines) is 1. The molecule has 0 saturated carbocycles. The summed E-state index contributed by atoms with van der Waals surface area (Å²) in [5, 5.41) is 0. The van der Waals surface area contributed by atoms with Gasteiger partial charge >= 0.3 is 0 Å². The van der Waals surface area contributed by atoms with Gasteiger partial charge in [-0.2, -0.15) is 8.78 Å². The Balaban J connectivity index is 0.000000364. The van der Waals surface area contributed by atoms with Crippen molar-refractivity contribution in [2.45, 2.75) is 38.8 Å². The molecule has 1 rings (SSSR count). The van der Waals surface area contributed by atoms with Crippen LogP contribution in [0.25, 0.3) is 0 Å². The number of allylic oxidation sites excluding steroid dienone is 1. The molecule has 0 bridgehead atoms. The monoisotopic (exact) mass is 206 g/mol. The van der Waals surface area contributed by atoms with E-state index in [0.29, 0.717) is 0 Å². The molecule has 1 heterocycles. The summed E-state index contributed by atoms with van der Waals surface area (Å²) in [5.74, 6) is 0. The smallest absolute Gasteiger partial charge is 0.289 e. The molecule has 0 spiro atoms. The highest BCUT2D eigenvalue weighted by Gasteiger charge is 2.18. The molecule has 1 unspecified atom stereocenters. The molecule has 0 aliphatic carbocycles. The van der Waals surface area contributed by atoms with Crippen LogP contribution in [0.3, 0.4) is 0 Å². The van der Waals surface area contributed by atoms with Crippen LogP contribution >= 0.6 is 0 Å². The van der Waals surface area contributed by atoms with Gasteiger partial charge in [-0.15, -0.1) is 0 Å². The van der Waals surface area contributed by atoms with Crippen LogP contribution in [0, 0.1) is 0 Å². The van der Waals surface area contributed by atoms with Crippen LogP contribution in [0.1, 0.15) is 26.2 Å². The van der Waals surface area contributed by atoms with E-state index in [4.69, 9.17) is 0 Å². The van der Waals surface area contributed by atoms with Crippen LogP contribution in [0.5, 0.6) is 0 Å². The van der Waals surface area contributed by atoms with Crippen LogP contribution < -0.4 is 5.73 Å². The number of hydrogen-bond donors (Lipinski definition) is 1. The van der Waals surface area contributed by atoms with Crippen LogP contribution in [-0.2, 0) is 0 Å². The summed E-state index contributed by atoms with van der Waals surface area (Å²) < 4.78 is 20.2. The average Bonchev–Trinajstić information content (AvgIpc) is 2.47. The third kappa shape index (κ3) is 6.97. The molecule has 1 aliphatic heterocycles. The molecule has 2 N–H and O–H groups in total. The quantitative estimate of drug-likeness (QED) is 0.554. The maximum Gasteiger partial charge on any atom is 0.289 e. The first-order valence-electron chi connectivity index (χ1n) is 4.93. The first-order valence-corrected chi connectivity index (χ1v) is 4.93. The highest BCUT2D eigenvalue weighted by Crippen LogP contribution is 2.17. The maximum absolute atomic E-state index is 10.1. The van der Waals surface area contributed by atoms with Gasteiger partial charge in [-0.3, -0.25) is 5.73 Å². The van der Waals surface area contributed by atoms with Crippen molar-refractivity contribution in [2.24, 2.45) is 5.73 Å². The predicted molar refractivity (Wildman–Crippen MR) is 55.3 cm³/mol. The molecule has 14 heavy (non-hydrogen) atoms. The average molecular weight is 206 g/mol. The van der Waals surface area contributed by atoms with Crippen molar-refractivity contribution in [1.29, 1.82) is 0 Å². The molecule has 84 valence electrons. The molecule has 0 aromatic carbocycles. The maximum atomic E-state index is 10.1. The van der Waals surface area contributed by atoms with Crippen LogP contribution in [0.4, 0.5) is 8.78 Å². The molecule has 1 aliphatic rings. The predicted octanol–water partition coefficient (Wildman–Crippen LogP) is 2.21. The molecule has 1 saturated heterocycles. The molecule has 1 atom stereocenters. The van der Waals surface area contributed by atoms with Crippen molar-refractivity contribution >= 4 is 0 Å². The highest BCUT2D eigenvalue weighted by molar-refractivity contribution is 4.86. The van der Waals surface area contributed by atoms with E-state index in [0.717, 1.165) is 6.04 Å².